The largest absolute Gasteiger partial charge is 0.459 e. The molecule has 0 aliphatic heterocycles. The summed E-state index contributed by atoms with van der Waals surface area (Å²) >= 11 is 0. The molecule has 3 rings (SSSR count). The highest BCUT2D eigenvalue weighted by Crippen LogP contribution is 2.32. The Kier molecular flexibility index (Phi) is 4.06. The van der Waals surface area contributed by atoms with E-state index in [0.717, 1.165) is 16.5 Å². The summed E-state index contributed by atoms with van der Waals surface area (Å²) in [5.74, 6) is -0.210. The number of amides is 1. The fourth-order valence-corrected chi connectivity index (χ4v) is 3.71. The van der Waals surface area contributed by atoms with Crippen molar-refractivity contribution in [2.45, 2.75) is 5.25 Å². The highest BCUT2D eigenvalue weighted by atomic mass is 32.2. The summed E-state index contributed by atoms with van der Waals surface area (Å²) in [4.78, 5) is 11.1. The van der Waals surface area contributed by atoms with Gasteiger partial charge < -0.3 is 10.2 Å². The number of benzene rings is 2. The number of para-hydroxylation sites is 1. The van der Waals surface area contributed by atoms with Gasteiger partial charge in [0.05, 0.1) is 0 Å². The Morgan fingerprint density at radius 2 is 1.77 bits per heavy atom. The molecule has 0 radical (unpaired) electrons. The molecule has 1 amide bonds. The minimum absolute atomic E-state index is 0.198. The van der Waals surface area contributed by atoms with E-state index < -0.39 is 22.0 Å². The molecular formula is C17H15NO3S. The number of primary amides is 1. The summed E-state index contributed by atoms with van der Waals surface area (Å²) in [6.07, 6.45) is 0. The number of nitrogens with two attached hydrogens (primary N) is 1. The van der Waals surface area contributed by atoms with Gasteiger partial charge >= 0.3 is 0 Å². The van der Waals surface area contributed by atoms with Crippen LogP contribution in [0.2, 0.25) is 0 Å². The van der Waals surface area contributed by atoms with E-state index in [0.29, 0.717) is 5.76 Å². The molecule has 112 valence electrons. The van der Waals surface area contributed by atoms with E-state index >= 15 is 0 Å². The van der Waals surface area contributed by atoms with Gasteiger partial charge in [-0.1, -0.05) is 48.5 Å². The molecule has 2 N–H and O–H groups in total. The molecule has 22 heavy (non-hydrogen) atoms. The van der Waals surface area contributed by atoms with Gasteiger partial charge in [-0.05, 0) is 17.7 Å². The molecule has 0 aliphatic rings. The molecule has 2 aromatic carbocycles. The van der Waals surface area contributed by atoms with Crippen LogP contribution in [0.3, 0.4) is 0 Å². The fraction of sp³-hybridized carbons (Fsp3) is 0.118. The van der Waals surface area contributed by atoms with Crippen LogP contribution < -0.4 is 5.73 Å². The van der Waals surface area contributed by atoms with Crippen LogP contribution in [0.4, 0.5) is 0 Å². The first-order valence-electron chi connectivity index (χ1n) is 6.84. The normalized spacial score (nSPS) is 13.8. The molecule has 3 aromatic rings. The Morgan fingerprint density at radius 1 is 1.09 bits per heavy atom. The monoisotopic (exact) mass is 313 g/mol. The van der Waals surface area contributed by atoms with Crippen LogP contribution in [0, 0.1) is 0 Å². The first kappa shape index (κ1) is 14.5. The van der Waals surface area contributed by atoms with Gasteiger partial charge in [0.15, 0.2) is 0 Å². The Morgan fingerprint density at radius 3 is 2.45 bits per heavy atom. The zero-order valence-corrected chi connectivity index (χ0v) is 12.6. The third kappa shape index (κ3) is 2.94. The summed E-state index contributed by atoms with van der Waals surface area (Å²) in [6, 6.07) is 18.8. The lowest BCUT2D eigenvalue weighted by molar-refractivity contribution is -0.115. The van der Waals surface area contributed by atoms with Gasteiger partial charge in [0.25, 0.3) is 0 Å². The van der Waals surface area contributed by atoms with Crippen molar-refractivity contribution in [1.82, 2.24) is 0 Å². The minimum atomic E-state index is -1.48. The summed E-state index contributed by atoms with van der Waals surface area (Å²) < 4.78 is 18.4. The van der Waals surface area contributed by atoms with Gasteiger partial charge in [-0.25, -0.2) is 0 Å². The van der Waals surface area contributed by atoms with Crippen molar-refractivity contribution >= 4 is 27.7 Å². The average molecular weight is 313 g/mol. The van der Waals surface area contributed by atoms with Gasteiger partial charge in [0.1, 0.15) is 22.3 Å². The van der Waals surface area contributed by atoms with Gasteiger partial charge in [-0.15, -0.1) is 0 Å². The summed E-state index contributed by atoms with van der Waals surface area (Å²) in [5.41, 5.74) is 6.77. The van der Waals surface area contributed by atoms with Crippen LogP contribution >= 0.6 is 0 Å². The number of carbonyl (C=O) groups is 1. The second-order valence-electron chi connectivity index (χ2n) is 4.97. The molecule has 2 atom stereocenters. The highest BCUT2D eigenvalue weighted by Gasteiger charge is 2.26. The zero-order valence-electron chi connectivity index (χ0n) is 11.8. The number of hydrogen-bond acceptors (Lipinski definition) is 3. The maximum atomic E-state index is 12.6. The topological polar surface area (TPSA) is 73.3 Å². The number of fused-ring (bicyclic) bond motifs is 1. The SMILES string of the molecule is NC(=O)CS(=O)C(c1ccccc1)c1cc2ccccc2o1. The molecule has 0 saturated carbocycles. The van der Waals surface area contributed by atoms with E-state index in [-0.39, 0.29) is 5.75 Å². The molecule has 0 spiro atoms. The molecule has 0 saturated heterocycles. The molecule has 0 aliphatic carbocycles. The zero-order chi connectivity index (χ0) is 15.5. The minimum Gasteiger partial charge on any atom is -0.459 e. The van der Waals surface area contributed by atoms with Crippen LogP contribution in [0.5, 0.6) is 0 Å². The van der Waals surface area contributed by atoms with Crippen LogP contribution in [-0.2, 0) is 15.6 Å². The third-order valence-electron chi connectivity index (χ3n) is 3.35. The van der Waals surface area contributed by atoms with Crippen molar-refractivity contribution in [3.63, 3.8) is 0 Å². The van der Waals surface area contributed by atoms with Gasteiger partial charge in [0.2, 0.25) is 5.91 Å². The molecule has 1 aromatic heterocycles. The smallest absolute Gasteiger partial charge is 0.230 e. The number of carbonyl (C=O) groups excluding carboxylic acids is 1. The van der Waals surface area contributed by atoms with Gasteiger partial charge in [-0.2, -0.15) is 0 Å². The molecule has 2 unspecified atom stereocenters. The van der Waals surface area contributed by atoms with Gasteiger partial charge in [0, 0.05) is 16.2 Å². The summed E-state index contributed by atoms with van der Waals surface area (Å²) in [5, 5.41) is 0.426. The Labute approximate surface area is 130 Å². The van der Waals surface area contributed by atoms with Crippen LogP contribution in [0.15, 0.2) is 65.1 Å². The quantitative estimate of drug-likeness (QED) is 0.787. The van der Waals surface area contributed by atoms with E-state index in [9.17, 15) is 9.00 Å². The van der Waals surface area contributed by atoms with E-state index in [4.69, 9.17) is 10.2 Å². The first-order valence-corrected chi connectivity index (χ1v) is 8.22. The lowest BCUT2D eigenvalue weighted by atomic mass is 10.1. The van der Waals surface area contributed by atoms with Crippen LogP contribution in [-0.4, -0.2) is 15.9 Å². The molecule has 0 bridgehead atoms. The second kappa shape index (κ2) is 6.15. The number of rotatable bonds is 5. The number of furan rings is 1. The highest BCUT2D eigenvalue weighted by molar-refractivity contribution is 7.86. The average Bonchev–Trinajstić information content (AvgIpc) is 2.91. The van der Waals surface area contributed by atoms with Crippen molar-refractivity contribution < 1.29 is 13.4 Å². The lowest BCUT2D eigenvalue weighted by Crippen LogP contribution is -2.23. The van der Waals surface area contributed by atoms with E-state index in [1.807, 2.05) is 60.7 Å². The van der Waals surface area contributed by atoms with Crippen LogP contribution in [0.1, 0.15) is 16.6 Å². The maximum absolute atomic E-state index is 12.6. The Hall–Kier alpha value is -2.40. The summed E-state index contributed by atoms with van der Waals surface area (Å²) in [6.45, 7) is 0. The van der Waals surface area contributed by atoms with Crippen molar-refractivity contribution in [3.05, 3.63) is 72.0 Å². The van der Waals surface area contributed by atoms with Gasteiger partial charge in [-0.3, -0.25) is 9.00 Å². The van der Waals surface area contributed by atoms with Crippen molar-refractivity contribution in [2.75, 3.05) is 5.75 Å². The Bertz CT molecular complexity index is 793. The molecular weight excluding hydrogens is 298 g/mol. The molecule has 0 fully saturated rings. The van der Waals surface area contributed by atoms with Crippen molar-refractivity contribution in [3.8, 4) is 0 Å². The molecule has 4 nitrogen and oxygen atoms in total. The Balaban J connectivity index is 2.08. The predicted molar refractivity (Wildman–Crippen MR) is 86.7 cm³/mol. The maximum Gasteiger partial charge on any atom is 0.230 e. The van der Waals surface area contributed by atoms with E-state index in [2.05, 4.69) is 0 Å². The van der Waals surface area contributed by atoms with Crippen LogP contribution in [0.25, 0.3) is 11.0 Å². The molecule has 1 heterocycles. The third-order valence-corrected chi connectivity index (χ3v) is 4.95. The lowest BCUT2D eigenvalue weighted by Gasteiger charge is -2.13. The fourth-order valence-electron chi connectivity index (χ4n) is 2.43. The second-order valence-corrected chi connectivity index (χ2v) is 6.49. The standard InChI is InChI=1S/C17H15NO3S/c18-16(19)11-22(20)17(12-6-2-1-3-7-12)15-10-13-8-4-5-9-14(13)21-15/h1-10,17H,11H2,(H2,18,19). The molecule has 5 heteroatoms. The van der Waals surface area contributed by atoms with E-state index in [1.165, 1.54) is 0 Å². The first-order chi connectivity index (χ1) is 10.6. The van der Waals surface area contributed by atoms with E-state index in [1.54, 1.807) is 0 Å². The van der Waals surface area contributed by atoms with Crippen molar-refractivity contribution in [1.29, 1.82) is 0 Å². The summed E-state index contributed by atoms with van der Waals surface area (Å²) in [7, 11) is -1.48. The van der Waals surface area contributed by atoms with Crippen molar-refractivity contribution in [2.24, 2.45) is 5.73 Å². The predicted octanol–water partition coefficient (Wildman–Crippen LogP) is 2.76. The number of hydrogen-bond donors (Lipinski definition) is 1.